The van der Waals surface area contributed by atoms with Crippen LogP contribution in [-0.4, -0.2) is 6.54 Å². The van der Waals surface area contributed by atoms with Crippen molar-refractivity contribution in [3.05, 3.63) is 68.9 Å². The van der Waals surface area contributed by atoms with Crippen LogP contribution in [0.3, 0.4) is 0 Å². The van der Waals surface area contributed by atoms with Crippen molar-refractivity contribution >= 4 is 15.9 Å². The van der Waals surface area contributed by atoms with Crippen LogP contribution < -0.4 is 5.32 Å². The molecule has 0 aromatic heterocycles. The molecular formula is C16H15BrF3N. The van der Waals surface area contributed by atoms with Crippen LogP contribution in [0.1, 0.15) is 29.7 Å². The summed E-state index contributed by atoms with van der Waals surface area (Å²) in [5.41, 5.74) is 0.589. The van der Waals surface area contributed by atoms with Gasteiger partial charge >= 0.3 is 0 Å². The molecule has 0 bridgehead atoms. The van der Waals surface area contributed by atoms with E-state index in [1.54, 1.807) is 12.1 Å². The fourth-order valence-electron chi connectivity index (χ4n) is 2.21. The highest BCUT2D eigenvalue weighted by atomic mass is 79.9. The number of nitrogens with one attached hydrogen (secondary N) is 1. The fraction of sp³-hybridized carbons (Fsp3) is 0.250. The molecule has 0 aliphatic heterocycles. The number of hydrogen-bond donors (Lipinski definition) is 1. The second-order valence-corrected chi connectivity index (χ2v) is 5.70. The van der Waals surface area contributed by atoms with E-state index >= 15 is 0 Å². The van der Waals surface area contributed by atoms with E-state index in [-0.39, 0.29) is 16.7 Å². The Hall–Kier alpha value is -1.33. The molecule has 2 aromatic carbocycles. The van der Waals surface area contributed by atoms with Crippen molar-refractivity contribution in [1.82, 2.24) is 5.32 Å². The van der Waals surface area contributed by atoms with E-state index in [2.05, 4.69) is 21.2 Å². The minimum Gasteiger partial charge on any atom is -0.306 e. The molecular weight excluding hydrogens is 343 g/mol. The Morgan fingerprint density at radius 2 is 1.67 bits per heavy atom. The van der Waals surface area contributed by atoms with Crippen LogP contribution in [0.2, 0.25) is 0 Å². The summed E-state index contributed by atoms with van der Waals surface area (Å²) in [6, 6.07) is 5.94. The summed E-state index contributed by atoms with van der Waals surface area (Å²) in [6.07, 6.45) is 0. The van der Waals surface area contributed by atoms with Gasteiger partial charge in [0, 0.05) is 15.6 Å². The summed E-state index contributed by atoms with van der Waals surface area (Å²) in [4.78, 5) is 0. The summed E-state index contributed by atoms with van der Waals surface area (Å²) in [5.74, 6) is -1.53. The summed E-state index contributed by atoms with van der Waals surface area (Å²) in [5, 5.41) is 3.00. The van der Waals surface area contributed by atoms with Gasteiger partial charge in [0.05, 0.1) is 6.04 Å². The van der Waals surface area contributed by atoms with Crippen LogP contribution in [0.15, 0.2) is 34.8 Å². The summed E-state index contributed by atoms with van der Waals surface area (Å²) >= 11 is 3.27. The zero-order chi connectivity index (χ0) is 15.6. The average molecular weight is 358 g/mol. The van der Waals surface area contributed by atoms with E-state index in [1.807, 2.05) is 6.92 Å². The Morgan fingerprint density at radius 1 is 1.00 bits per heavy atom. The quantitative estimate of drug-likeness (QED) is 0.822. The summed E-state index contributed by atoms with van der Waals surface area (Å²) in [6.45, 7) is 3.81. The third kappa shape index (κ3) is 3.47. The van der Waals surface area contributed by atoms with Crippen molar-refractivity contribution in [2.24, 2.45) is 0 Å². The maximum atomic E-state index is 14.2. The Kier molecular flexibility index (Phi) is 5.06. The normalized spacial score (nSPS) is 12.5. The molecule has 0 saturated heterocycles. The first-order valence-electron chi connectivity index (χ1n) is 6.58. The van der Waals surface area contributed by atoms with E-state index in [4.69, 9.17) is 0 Å². The van der Waals surface area contributed by atoms with Crippen molar-refractivity contribution in [1.29, 1.82) is 0 Å². The van der Waals surface area contributed by atoms with Crippen LogP contribution >= 0.6 is 15.9 Å². The minimum atomic E-state index is -0.748. The molecule has 0 radical (unpaired) electrons. The number of benzene rings is 2. The third-order valence-corrected chi connectivity index (χ3v) is 3.76. The smallest absolute Gasteiger partial charge is 0.128 e. The van der Waals surface area contributed by atoms with E-state index in [0.717, 1.165) is 12.1 Å². The standard InChI is InChI=1S/C16H15BrF3N/c1-3-21-16(11-7-10(17)4-5-13(11)18)12-8-14(19)9(2)6-15(12)20/h4-8,16,21H,3H2,1-2H3. The number of aryl methyl sites for hydroxylation is 1. The van der Waals surface area contributed by atoms with Gasteiger partial charge < -0.3 is 5.32 Å². The molecule has 0 spiro atoms. The van der Waals surface area contributed by atoms with Gasteiger partial charge in [0.15, 0.2) is 0 Å². The predicted molar refractivity (Wildman–Crippen MR) is 80.7 cm³/mol. The van der Waals surface area contributed by atoms with Gasteiger partial charge in [-0.15, -0.1) is 0 Å². The molecule has 0 heterocycles. The second-order valence-electron chi connectivity index (χ2n) is 4.78. The summed E-state index contributed by atoms with van der Waals surface area (Å²) in [7, 11) is 0. The Morgan fingerprint density at radius 3 is 2.33 bits per heavy atom. The van der Waals surface area contributed by atoms with E-state index in [0.29, 0.717) is 11.0 Å². The predicted octanol–water partition coefficient (Wildman–Crippen LogP) is 4.87. The van der Waals surface area contributed by atoms with Crippen molar-refractivity contribution < 1.29 is 13.2 Å². The number of rotatable bonds is 4. The van der Waals surface area contributed by atoms with Crippen LogP contribution in [-0.2, 0) is 0 Å². The van der Waals surface area contributed by atoms with Crippen molar-refractivity contribution in [2.45, 2.75) is 19.9 Å². The first kappa shape index (κ1) is 16.0. The van der Waals surface area contributed by atoms with Gasteiger partial charge in [-0.3, -0.25) is 0 Å². The van der Waals surface area contributed by atoms with Crippen LogP contribution in [0.5, 0.6) is 0 Å². The van der Waals surface area contributed by atoms with Crippen LogP contribution in [0.25, 0.3) is 0 Å². The molecule has 1 unspecified atom stereocenters. The molecule has 0 saturated carbocycles. The molecule has 5 heteroatoms. The molecule has 2 aromatic rings. The van der Waals surface area contributed by atoms with Gasteiger partial charge in [0.1, 0.15) is 17.5 Å². The van der Waals surface area contributed by atoms with Gasteiger partial charge in [-0.1, -0.05) is 22.9 Å². The van der Waals surface area contributed by atoms with E-state index in [1.165, 1.54) is 13.0 Å². The average Bonchev–Trinajstić information content (AvgIpc) is 2.43. The van der Waals surface area contributed by atoms with Gasteiger partial charge in [0.25, 0.3) is 0 Å². The molecule has 112 valence electrons. The molecule has 2 rings (SSSR count). The highest BCUT2D eigenvalue weighted by Gasteiger charge is 2.22. The zero-order valence-corrected chi connectivity index (χ0v) is 13.3. The number of halogens is 4. The molecule has 21 heavy (non-hydrogen) atoms. The third-order valence-electron chi connectivity index (χ3n) is 3.27. The fourth-order valence-corrected chi connectivity index (χ4v) is 2.59. The molecule has 1 N–H and O–H groups in total. The number of hydrogen-bond acceptors (Lipinski definition) is 1. The van der Waals surface area contributed by atoms with E-state index < -0.39 is 23.5 Å². The lowest BCUT2D eigenvalue weighted by atomic mass is 9.96. The zero-order valence-electron chi connectivity index (χ0n) is 11.7. The first-order chi connectivity index (χ1) is 9.93. The highest BCUT2D eigenvalue weighted by Crippen LogP contribution is 2.30. The molecule has 0 aliphatic rings. The Bertz CT molecular complexity index is 658. The lowest BCUT2D eigenvalue weighted by molar-refractivity contribution is 0.520. The largest absolute Gasteiger partial charge is 0.306 e. The maximum absolute atomic E-state index is 14.2. The highest BCUT2D eigenvalue weighted by molar-refractivity contribution is 9.10. The molecule has 1 nitrogen and oxygen atoms in total. The lowest BCUT2D eigenvalue weighted by Gasteiger charge is -2.21. The molecule has 0 amide bonds. The summed E-state index contributed by atoms with van der Waals surface area (Å²) < 4.78 is 42.7. The molecule has 1 atom stereocenters. The first-order valence-corrected chi connectivity index (χ1v) is 7.37. The van der Waals surface area contributed by atoms with Crippen LogP contribution in [0.4, 0.5) is 13.2 Å². The Balaban J connectivity index is 2.58. The van der Waals surface area contributed by atoms with Crippen LogP contribution in [0, 0.1) is 24.4 Å². The SMILES string of the molecule is CCNC(c1cc(Br)ccc1F)c1cc(F)c(C)cc1F. The molecule has 0 aliphatic carbocycles. The van der Waals surface area contributed by atoms with Crippen molar-refractivity contribution in [2.75, 3.05) is 6.54 Å². The van der Waals surface area contributed by atoms with Gasteiger partial charge in [0.2, 0.25) is 0 Å². The minimum absolute atomic E-state index is 0.0944. The Labute approximate surface area is 130 Å². The van der Waals surface area contributed by atoms with Gasteiger partial charge in [-0.2, -0.15) is 0 Å². The van der Waals surface area contributed by atoms with E-state index in [9.17, 15) is 13.2 Å². The van der Waals surface area contributed by atoms with Gasteiger partial charge in [-0.25, -0.2) is 13.2 Å². The van der Waals surface area contributed by atoms with Crippen molar-refractivity contribution in [3.8, 4) is 0 Å². The maximum Gasteiger partial charge on any atom is 0.128 e. The topological polar surface area (TPSA) is 12.0 Å². The monoisotopic (exact) mass is 357 g/mol. The van der Waals surface area contributed by atoms with Crippen molar-refractivity contribution in [3.63, 3.8) is 0 Å². The second kappa shape index (κ2) is 6.62. The lowest BCUT2D eigenvalue weighted by Crippen LogP contribution is -2.24. The van der Waals surface area contributed by atoms with Gasteiger partial charge in [-0.05, 0) is 49.4 Å². The molecule has 0 fully saturated rings.